The van der Waals surface area contributed by atoms with Gasteiger partial charge in [0.15, 0.2) is 0 Å². The Kier molecular flexibility index (Phi) is 3.37. The van der Waals surface area contributed by atoms with Crippen LogP contribution in [0.2, 0.25) is 5.02 Å². The summed E-state index contributed by atoms with van der Waals surface area (Å²) in [6.07, 6.45) is 4.27. The van der Waals surface area contributed by atoms with Crippen molar-refractivity contribution < 1.29 is 4.79 Å². The Morgan fingerprint density at radius 3 is 2.84 bits per heavy atom. The zero-order valence-corrected chi connectivity index (χ0v) is 12.4. The second kappa shape index (κ2) is 5.02. The molecule has 1 aromatic carbocycles. The minimum atomic E-state index is -0.0973. The van der Waals surface area contributed by atoms with Crippen molar-refractivity contribution in [2.24, 2.45) is 0 Å². The van der Waals surface area contributed by atoms with Gasteiger partial charge in [0, 0.05) is 21.7 Å². The Labute approximate surface area is 124 Å². The van der Waals surface area contributed by atoms with E-state index in [0.717, 1.165) is 23.0 Å². The molecule has 1 aliphatic rings. The van der Waals surface area contributed by atoms with Crippen LogP contribution >= 0.6 is 27.5 Å². The van der Waals surface area contributed by atoms with Crippen LogP contribution in [0.5, 0.6) is 0 Å². The summed E-state index contributed by atoms with van der Waals surface area (Å²) in [5.74, 6) is -0.0973. The van der Waals surface area contributed by atoms with Crippen molar-refractivity contribution in [1.82, 2.24) is 4.57 Å². The highest BCUT2D eigenvalue weighted by atomic mass is 79.9. The Morgan fingerprint density at radius 1 is 1.37 bits per heavy atom. The number of carbonyl (C=O) groups is 1. The lowest BCUT2D eigenvalue weighted by molar-refractivity contribution is 0.101. The Hall–Kier alpha value is -1.26. The van der Waals surface area contributed by atoms with E-state index in [2.05, 4.69) is 21.2 Å². The standard InChI is InChI=1S/C14H12BrClN2O/c15-11-8-9(16)3-6-12(11)17-14(19)13-2-1-7-18(13)10-4-5-10/h1-3,6-8,10H,4-5H2,(H,17,19). The van der Waals surface area contributed by atoms with Gasteiger partial charge in [-0.05, 0) is 59.1 Å². The van der Waals surface area contributed by atoms with Gasteiger partial charge in [0.05, 0.1) is 5.69 Å². The lowest BCUT2D eigenvalue weighted by Gasteiger charge is -2.10. The lowest BCUT2D eigenvalue weighted by Crippen LogP contribution is -2.16. The van der Waals surface area contributed by atoms with E-state index in [4.69, 9.17) is 11.6 Å². The van der Waals surface area contributed by atoms with Gasteiger partial charge in [0.1, 0.15) is 5.69 Å². The molecule has 1 heterocycles. The first-order valence-corrected chi connectivity index (χ1v) is 7.25. The van der Waals surface area contributed by atoms with Crippen LogP contribution < -0.4 is 5.32 Å². The fourth-order valence-corrected chi connectivity index (χ4v) is 2.82. The molecule has 1 aliphatic carbocycles. The van der Waals surface area contributed by atoms with Gasteiger partial charge in [-0.25, -0.2) is 0 Å². The van der Waals surface area contributed by atoms with Gasteiger partial charge in [-0.15, -0.1) is 0 Å². The molecule has 5 heteroatoms. The first kappa shape index (κ1) is 12.8. The first-order chi connectivity index (χ1) is 9.15. The lowest BCUT2D eigenvalue weighted by atomic mass is 10.3. The second-order valence-corrected chi connectivity index (χ2v) is 5.90. The maximum Gasteiger partial charge on any atom is 0.272 e. The molecule has 1 amide bonds. The molecule has 0 saturated heterocycles. The largest absolute Gasteiger partial charge is 0.340 e. The number of carbonyl (C=O) groups excluding carboxylic acids is 1. The molecule has 1 aromatic heterocycles. The van der Waals surface area contributed by atoms with Gasteiger partial charge in [-0.1, -0.05) is 11.6 Å². The SMILES string of the molecule is O=C(Nc1ccc(Cl)cc1Br)c1cccn1C1CC1. The highest BCUT2D eigenvalue weighted by molar-refractivity contribution is 9.10. The molecule has 1 saturated carbocycles. The number of hydrogen-bond donors (Lipinski definition) is 1. The van der Waals surface area contributed by atoms with Crippen LogP contribution in [0.1, 0.15) is 29.4 Å². The molecule has 1 fully saturated rings. The quantitative estimate of drug-likeness (QED) is 0.878. The summed E-state index contributed by atoms with van der Waals surface area (Å²) in [7, 11) is 0. The molecule has 0 atom stereocenters. The molecular weight excluding hydrogens is 328 g/mol. The number of halogens is 2. The van der Waals surface area contributed by atoms with Crippen molar-refractivity contribution >= 4 is 39.1 Å². The van der Waals surface area contributed by atoms with Gasteiger partial charge >= 0.3 is 0 Å². The highest BCUT2D eigenvalue weighted by Gasteiger charge is 2.26. The third kappa shape index (κ3) is 2.69. The molecule has 19 heavy (non-hydrogen) atoms. The van der Waals surface area contributed by atoms with Crippen LogP contribution in [-0.4, -0.2) is 10.5 Å². The molecule has 0 radical (unpaired) electrons. The Balaban J connectivity index is 1.82. The third-order valence-corrected chi connectivity index (χ3v) is 4.02. The van der Waals surface area contributed by atoms with Crippen LogP contribution in [0.4, 0.5) is 5.69 Å². The van der Waals surface area contributed by atoms with E-state index < -0.39 is 0 Å². The summed E-state index contributed by atoms with van der Waals surface area (Å²) < 4.78 is 2.82. The number of anilines is 1. The van der Waals surface area contributed by atoms with Crippen LogP contribution in [0, 0.1) is 0 Å². The Morgan fingerprint density at radius 2 is 2.16 bits per heavy atom. The number of nitrogens with zero attached hydrogens (tertiary/aromatic N) is 1. The van der Waals surface area contributed by atoms with E-state index in [-0.39, 0.29) is 5.91 Å². The summed E-state index contributed by atoms with van der Waals surface area (Å²) >= 11 is 9.27. The molecule has 0 unspecified atom stereocenters. The number of aromatic nitrogens is 1. The van der Waals surface area contributed by atoms with Crippen molar-refractivity contribution in [3.8, 4) is 0 Å². The monoisotopic (exact) mass is 338 g/mol. The minimum Gasteiger partial charge on any atom is -0.340 e. The zero-order chi connectivity index (χ0) is 13.4. The number of benzene rings is 1. The van der Waals surface area contributed by atoms with Gasteiger partial charge in [0.25, 0.3) is 5.91 Å². The smallest absolute Gasteiger partial charge is 0.272 e. The maximum absolute atomic E-state index is 12.3. The molecule has 2 aromatic rings. The molecule has 0 bridgehead atoms. The van der Waals surface area contributed by atoms with E-state index in [1.165, 1.54) is 0 Å². The molecule has 98 valence electrons. The number of hydrogen-bond acceptors (Lipinski definition) is 1. The maximum atomic E-state index is 12.3. The van der Waals surface area contributed by atoms with Crippen LogP contribution in [0.25, 0.3) is 0 Å². The van der Waals surface area contributed by atoms with Crippen molar-refractivity contribution in [1.29, 1.82) is 0 Å². The van der Waals surface area contributed by atoms with E-state index in [9.17, 15) is 4.79 Å². The van der Waals surface area contributed by atoms with E-state index in [1.54, 1.807) is 18.2 Å². The number of rotatable bonds is 3. The summed E-state index contributed by atoms with van der Waals surface area (Å²) in [4.78, 5) is 12.3. The zero-order valence-electron chi connectivity index (χ0n) is 10.1. The summed E-state index contributed by atoms with van der Waals surface area (Å²) in [5, 5.41) is 3.53. The fraction of sp³-hybridized carbons (Fsp3) is 0.214. The van der Waals surface area contributed by atoms with Gasteiger partial charge < -0.3 is 9.88 Å². The van der Waals surface area contributed by atoms with E-state index in [0.29, 0.717) is 16.8 Å². The van der Waals surface area contributed by atoms with E-state index in [1.807, 2.05) is 22.9 Å². The topological polar surface area (TPSA) is 34.0 Å². The average molecular weight is 340 g/mol. The molecule has 3 nitrogen and oxygen atoms in total. The first-order valence-electron chi connectivity index (χ1n) is 6.08. The van der Waals surface area contributed by atoms with Crippen LogP contribution in [0.3, 0.4) is 0 Å². The summed E-state index contributed by atoms with van der Waals surface area (Å²) in [6, 6.07) is 9.54. The minimum absolute atomic E-state index is 0.0973. The molecule has 0 spiro atoms. The number of nitrogens with one attached hydrogen (secondary N) is 1. The third-order valence-electron chi connectivity index (χ3n) is 3.13. The van der Waals surface area contributed by atoms with Crippen molar-refractivity contribution in [2.45, 2.75) is 18.9 Å². The normalized spacial score (nSPS) is 14.4. The van der Waals surface area contributed by atoms with Crippen molar-refractivity contribution in [3.05, 3.63) is 51.7 Å². The van der Waals surface area contributed by atoms with Gasteiger partial charge in [0.2, 0.25) is 0 Å². The van der Waals surface area contributed by atoms with Gasteiger partial charge in [-0.2, -0.15) is 0 Å². The molecular formula is C14H12BrClN2O. The fourth-order valence-electron chi connectivity index (χ4n) is 2.03. The predicted octanol–water partition coefficient (Wildman–Crippen LogP) is 4.49. The summed E-state index contributed by atoms with van der Waals surface area (Å²) in [6.45, 7) is 0. The second-order valence-electron chi connectivity index (χ2n) is 4.61. The molecule has 0 aliphatic heterocycles. The molecule has 3 rings (SSSR count). The van der Waals surface area contributed by atoms with E-state index >= 15 is 0 Å². The van der Waals surface area contributed by atoms with Crippen molar-refractivity contribution in [2.75, 3.05) is 5.32 Å². The van der Waals surface area contributed by atoms with Crippen molar-refractivity contribution in [3.63, 3.8) is 0 Å². The van der Waals surface area contributed by atoms with Crippen LogP contribution in [0.15, 0.2) is 41.0 Å². The number of amides is 1. The van der Waals surface area contributed by atoms with Gasteiger partial charge in [-0.3, -0.25) is 4.79 Å². The highest BCUT2D eigenvalue weighted by Crippen LogP contribution is 2.36. The Bertz CT molecular complexity index is 634. The van der Waals surface area contributed by atoms with Crippen LogP contribution in [-0.2, 0) is 0 Å². The summed E-state index contributed by atoms with van der Waals surface area (Å²) in [5.41, 5.74) is 1.42. The predicted molar refractivity (Wildman–Crippen MR) is 79.8 cm³/mol. The average Bonchev–Trinajstić information content (AvgIpc) is 3.10. The molecule has 1 N–H and O–H groups in total.